The van der Waals surface area contributed by atoms with E-state index in [2.05, 4.69) is 35.1 Å². The Kier molecular flexibility index (Phi) is 7.89. The molecule has 1 aromatic heterocycles. The molecule has 26 heavy (non-hydrogen) atoms. The maximum absolute atomic E-state index is 12.3. The number of hydrogen-bond acceptors (Lipinski definition) is 4. The minimum Gasteiger partial charge on any atom is -0.493 e. The first-order valence-corrected chi connectivity index (χ1v) is 10.0. The molecule has 4 nitrogen and oxygen atoms in total. The molecule has 0 fully saturated rings. The zero-order valence-corrected chi connectivity index (χ0v) is 17.2. The van der Waals surface area contributed by atoms with Gasteiger partial charge in [-0.1, -0.05) is 35.8 Å². The van der Waals surface area contributed by atoms with Gasteiger partial charge in [0, 0.05) is 14.9 Å². The molecule has 6 heteroatoms. The van der Waals surface area contributed by atoms with Gasteiger partial charge in [-0.3, -0.25) is 4.79 Å². The van der Waals surface area contributed by atoms with Gasteiger partial charge in [-0.15, -0.1) is 11.3 Å². The van der Waals surface area contributed by atoms with E-state index in [4.69, 9.17) is 4.74 Å². The zero-order valence-electron chi connectivity index (χ0n) is 14.8. The van der Waals surface area contributed by atoms with Crippen molar-refractivity contribution in [3.05, 3.63) is 56.2 Å². The molecule has 0 saturated carbocycles. The number of halogens is 1. The normalized spacial score (nSPS) is 11.3. The molecule has 0 aliphatic carbocycles. The second kappa shape index (κ2) is 10.1. The number of nitrogens with one attached hydrogen (secondary N) is 1. The number of carbonyl (C=O) groups excluding carboxylic acids is 1. The molecule has 2 rings (SSSR count). The molecule has 1 N–H and O–H groups in total. The maximum Gasteiger partial charge on any atom is 0.262 e. The molecular weight excluding hydrogens is 412 g/mol. The number of hydrogen-bond donors (Lipinski definition) is 1. The summed E-state index contributed by atoms with van der Waals surface area (Å²) in [5, 5.41) is 14.1. The van der Waals surface area contributed by atoms with Gasteiger partial charge in [0.1, 0.15) is 17.4 Å². The lowest BCUT2D eigenvalue weighted by Gasteiger charge is -2.11. The monoisotopic (exact) mass is 432 g/mol. The van der Waals surface area contributed by atoms with Gasteiger partial charge in [-0.05, 0) is 48.1 Å². The summed E-state index contributed by atoms with van der Waals surface area (Å²) in [7, 11) is 0. The molecule has 2 aromatic rings. The van der Waals surface area contributed by atoms with Crippen molar-refractivity contribution in [1.82, 2.24) is 5.32 Å². The number of nitrogens with zero attached hydrogens (tertiary/aromatic N) is 1. The number of thiophene rings is 1. The highest BCUT2D eigenvalue weighted by molar-refractivity contribution is 9.10. The number of rotatable bonds is 8. The van der Waals surface area contributed by atoms with Crippen molar-refractivity contribution in [2.75, 3.05) is 6.61 Å². The predicted octanol–water partition coefficient (Wildman–Crippen LogP) is 5.16. The van der Waals surface area contributed by atoms with Gasteiger partial charge < -0.3 is 10.1 Å². The Labute approximate surface area is 166 Å². The topological polar surface area (TPSA) is 62.1 Å². The van der Waals surface area contributed by atoms with Gasteiger partial charge in [-0.25, -0.2) is 0 Å². The second-order valence-corrected chi connectivity index (χ2v) is 8.09. The summed E-state index contributed by atoms with van der Waals surface area (Å²) >= 11 is 4.99. The summed E-state index contributed by atoms with van der Waals surface area (Å²) < 4.78 is 6.70. The highest BCUT2D eigenvalue weighted by atomic mass is 79.9. The van der Waals surface area contributed by atoms with Crippen molar-refractivity contribution in [1.29, 1.82) is 5.26 Å². The van der Waals surface area contributed by atoms with E-state index < -0.39 is 5.91 Å². The van der Waals surface area contributed by atoms with Crippen LogP contribution in [0.4, 0.5) is 0 Å². The Morgan fingerprint density at radius 3 is 2.88 bits per heavy atom. The largest absolute Gasteiger partial charge is 0.493 e. The first-order chi connectivity index (χ1) is 12.5. The van der Waals surface area contributed by atoms with Crippen molar-refractivity contribution in [2.24, 2.45) is 5.92 Å². The van der Waals surface area contributed by atoms with Gasteiger partial charge in [0.2, 0.25) is 0 Å². The molecule has 1 aromatic carbocycles. The Bertz CT molecular complexity index is 808. The van der Waals surface area contributed by atoms with Crippen LogP contribution in [-0.4, -0.2) is 12.5 Å². The quantitative estimate of drug-likeness (QED) is 0.462. The van der Waals surface area contributed by atoms with Gasteiger partial charge in [0.15, 0.2) is 0 Å². The Balaban J connectivity index is 2.14. The van der Waals surface area contributed by atoms with Crippen LogP contribution >= 0.6 is 27.3 Å². The van der Waals surface area contributed by atoms with E-state index >= 15 is 0 Å². The highest BCUT2D eigenvalue weighted by Crippen LogP contribution is 2.26. The third kappa shape index (κ3) is 6.32. The lowest BCUT2D eigenvalue weighted by atomic mass is 10.1. The van der Waals surface area contributed by atoms with Crippen molar-refractivity contribution in [2.45, 2.75) is 26.8 Å². The molecule has 136 valence electrons. The van der Waals surface area contributed by atoms with Crippen LogP contribution < -0.4 is 10.1 Å². The van der Waals surface area contributed by atoms with Crippen LogP contribution in [-0.2, 0) is 11.3 Å². The lowest BCUT2D eigenvalue weighted by Crippen LogP contribution is -2.23. The van der Waals surface area contributed by atoms with E-state index in [1.165, 1.54) is 0 Å². The fraction of sp³-hybridized carbons (Fsp3) is 0.300. The average molecular weight is 433 g/mol. The standard InChI is InChI=1S/C20H21BrN2O2S/c1-14(2)7-8-25-19-6-5-17(21)11-15(19)10-16(12-22)20(24)23-13-18-4-3-9-26-18/h3-6,9-11,14H,7-8,13H2,1-2H3,(H,23,24)/b16-10+. The summed E-state index contributed by atoms with van der Waals surface area (Å²) in [5.41, 5.74) is 0.749. The molecule has 0 saturated heterocycles. The minimum absolute atomic E-state index is 0.0494. The fourth-order valence-corrected chi connectivity index (χ4v) is 3.17. The van der Waals surface area contributed by atoms with Crippen molar-refractivity contribution in [3.63, 3.8) is 0 Å². The first-order valence-electron chi connectivity index (χ1n) is 8.34. The third-order valence-electron chi connectivity index (χ3n) is 3.59. The Morgan fingerprint density at radius 2 is 2.23 bits per heavy atom. The first kappa shape index (κ1) is 20.2. The molecular formula is C20H21BrN2O2S. The lowest BCUT2D eigenvalue weighted by molar-refractivity contribution is -0.117. The van der Waals surface area contributed by atoms with Crippen molar-refractivity contribution >= 4 is 39.2 Å². The SMILES string of the molecule is CC(C)CCOc1ccc(Br)cc1/C=C(\C#N)C(=O)NCc1cccs1. The van der Waals surface area contributed by atoms with E-state index in [-0.39, 0.29) is 5.57 Å². The van der Waals surface area contributed by atoms with Crippen LogP contribution in [0.2, 0.25) is 0 Å². The molecule has 0 radical (unpaired) electrons. The molecule has 1 heterocycles. The van der Waals surface area contributed by atoms with Crippen LogP contribution in [0.25, 0.3) is 6.08 Å². The number of carbonyl (C=O) groups is 1. The third-order valence-corrected chi connectivity index (χ3v) is 4.96. The van der Waals surface area contributed by atoms with Gasteiger partial charge in [-0.2, -0.15) is 5.26 Å². The smallest absolute Gasteiger partial charge is 0.262 e. The Morgan fingerprint density at radius 1 is 1.42 bits per heavy atom. The Hall–Kier alpha value is -2.10. The fourth-order valence-electron chi connectivity index (χ4n) is 2.15. The van der Waals surface area contributed by atoms with Crippen LogP contribution in [0, 0.1) is 17.2 Å². The molecule has 0 aliphatic heterocycles. The minimum atomic E-state index is -0.394. The van der Waals surface area contributed by atoms with E-state index in [1.807, 2.05) is 41.8 Å². The molecule has 0 unspecified atom stereocenters. The second-order valence-electron chi connectivity index (χ2n) is 6.14. The number of benzene rings is 1. The van der Waals surface area contributed by atoms with Gasteiger partial charge >= 0.3 is 0 Å². The molecule has 0 spiro atoms. The summed E-state index contributed by atoms with van der Waals surface area (Å²) in [6.07, 6.45) is 2.50. The highest BCUT2D eigenvalue weighted by Gasteiger charge is 2.12. The van der Waals surface area contributed by atoms with Gasteiger partial charge in [0.25, 0.3) is 5.91 Å². The van der Waals surface area contributed by atoms with Gasteiger partial charge in [0.05, 0.1) is 13.2 Å². The van der Waals surface area contributed by atoms with E-state index in [0.29, 0.717) is 30.4 Å². The molecule has 1 amide bonds. The summed E-state index contributed by atoms with van der Waals surface area (Å²) in [6, 6.07) is 11.4. The molecule has 0 atom stereocenters. The number of ether oxygens (including phenoxy) is 1. The van der Waals surface area contributed by atoms with Crippen LogP contribution in [0.1, 0.15) is 30.7 Å². The van der Waals surface area contributed by atoms with Crippen molar-refractivity contribution < 1.29 is 9.53 Å². The van der Waals surface area contributed by atoms with Crippen LogP contribution in [0.15, 0.2) is 45.8 Å². The summed E-state index contributed by atoms with van der Waals surface area (Å²) in [5.74, 6) is 0.809. The van der Waals surface area contributed by atoms with Crippen molar-refractivity contribution in [3.8, 4) is 11.8 Å². The number of amides is 1. The maximum atomic E-state index is 12.3. The van der Waals surface area contributed by atoms with E-state index in [0.717, 1.165) is 15.8 Å². The molecule has 0 bridgehead atoms. The predicted molar refractivity (Wildman–Crippen MR) is 109 cm³/mol. The zero-order chi connectivity index (χ0) is 18.9. The molecule has 0 aliphatic rings. The van der Waals surface area contributed by atoms with Crippen LogP contribution in [0.5, 0.6) is 5.75 Å². The van der Waals surface area contributed by atoms with Crippen LogP contribution in [0.3, 0.4) is 0 Å². The van der Waals surface area contributed by atoms with E-state index in [1.54, 1.807) is 17.4 Å². The average Bonchev–Trinajstić information content (AvgIpc) is 3.12. The summed E-state index contributed by atoms with van der Waals surface area (Å²) in [4.78, 5) is 13.4. The number of nitriles is 1. The van der Waals surface area contributed by atoms with E-state index in [9.17, 15) is 10.1 Å². The summed E-state index contributed by atoms with van der Waals surface area (Å²) in [6.45, 7) is 5.27.